The Bertz CT molecular complexity index is 1630. The predicted molar refractivity (Wildman–Crippen MR) is 149 cm³/mol. The standard InChI is InChI=1S/C20H18N2O2.C12H10O/c23-20(24)17-10-4-3-9-16(17)19-12-18(21-22-19)15-11-5-7-13-6-1-2-8-14(13)15;1-9(13)11-8-4-6-10-5-2-3-7-12(10)11/h1-2,5-8,11-12H,3-4,9-10H2,(H,21,22)(H,23,24);2-8H,1H3. The molecule has 5 nitrogen and oxygen atoms in total. The van der Waals surface area contributed by atoms with Gasteiger partial charge in [-0.2, -0.15) is 5.10 Å². The van der Waals surface area contributed by atoms with Gasteiger partial charge in [0.05, 0.1) is 11.4 Å². The van der Waals surface area contributed by atoms with Crippen LogP contribution in [0.1, 0.15) is 48.7 Å². The number of carboxylic acids is 1. The van der Waals surface area contributed by atoms with E-state index in [0.29, 0.717) is 12.0 Å². The van der Waals surface area contributed by atoms with Crippen LogP contribution >= 0.6 is 0 Å². The van der Waals surface area contributed by atoms with E-state index >= 15 is 0 Å². The normalized spacial score (nSPS) is 13.3. The Balaban J connectivity index is 0.000000182. The Morgan fingerprint density at radius 3 is 2.14 bits per heavy atom. The molecule has 5 aromatic rings. The molecule has 184 valence electrons. The number of carbonyl (C=O) groups excluding carboxylic acids is 1. The number of aromatic nitrogens is 2. The van der Waals surface area contributed by atoms with Crippen LogP contribution < -0.4 is 0 Å². The van der Waals surface area contributed by atoms with E-state index in [9.17, 15) is 14.7 Å². The van der Waals surface area contributed by atoms with Crippen molar-refractivity contribution in [3.63, 3.8) is 0 Å². The Labute approximate surface area is 215 Å². The lowest BCUT2D eigenvalue weighted by molar-refractivity contribution is -0.132. The van der Waals surface area contributed by atoms with Gasteiger partial charge in [0, 0.05) is 16.7 Å². The Morgan fingerprint density at radius 2 is 1.41 bits per heavy atom. The topological polar surface area (TPSA) is 83.0 Å². The smallest absolute Gasteiger partial charge is 0.331 e. The number of H-pyrrole nitrogens is 1. The van der Waals surface area contributed by atoms with Crippen LogP contribution in [0.5, 0.6) is 0 Å². The number of carboxylic acid groups (broad SMARTS) is 1. The minimum absolute atomic E-state index is 0.122. The molecule has 0 fully saturated rings. The number of carbonyl (C=O) groups is 2. The molecule has 1 aliphatic carbocycles. The number of aliphatic carboxylic acids is 1. The van der Waals surface area contributed by atoms with E-state index in [1.165, 1.54) is 5.39 Å². The maximum Gasteiger partial charge on any atom is 0.331 e. The highest BCUT2D eigenvalue weighted by molar-refractivity contribution is 6.07. The molecule has 0 bridgehead atoms. The van der Waals surface area contributed by atoms with Crippen LogP contribution in [0, 0.1) is 0 Å². The molecular formula is C32H28N2O3. The summed E-state index contributed by atoms with van der Waals surface area (Å²) in [5, 5.41) is 21.4. The lowest BCUT2D eigenvalue weighted by Crippen LogP contribution is -2.08. The Kier molecular flexibility index (Phi) is 6.95. The molecule has 0 saturated carbocycles. The van der Waals surface area contributed by atoms with Crippen LogP contribution in [0.4, 0.5) is 0 Å². The van der Waals surface area contributed by atoms with Gasteiger partial charge in [-0.25, -0.2) is 4.79 Å². The Morgan fingerprint density at radius 1 is 0.784 bits per heavy atom. The summed E-state index contributed by atoms with van der Waals surface area (Å²) in [5.74, 6) is -0.698. The van der Waals surface area contributed by atoms with Crippen LogP contribution in [0.2, 0.25) is 0 Å². The number of fused-ring (bicyclic) bond motifs is 2. The summed E-state index contributed by atoms with van der Waals surface area (Å²) >= 11 is 0. The van der Waals surface area contributed by atoms with Gasteiger partial charge in [-0.1, -0.05) is 84.9 Å². The van der Waals surface area contributed by atoms with E-state index in [2.05, 4.69) is 34.5 Å². The zero-order valence-corrected chi connectivity index (χ0v) is 20.7. The molecule has 0 radical (unpaired) electrons. The van der Waals surface area contributed by atoms with Gasteiger partial charge >= 0.3 is 5.97 Å². The summed E-state index contributed by atoms with van der Waals surface area (Å²) in [6.07, 6.45) is 3.36. The highest BCUT2D eigenvalue weighted by atomic mass is 16.4. The van der Waals surface area contributed by atoms with Gasteiger partial charge in [0.2, 0.25) is 0 Å². The third kappa shape index (κ3) is 5.07. The van der Waals surface area contributed by atoms with Gasteiger partial charge in [0.1, 0.15) is 0 Å². The molecule has 1 aliphatic rings. The van der Waals surface area contributed by atoms with Crippen molar-refractivity contribution in [2.45, 2.75) is 32.6 Å². The largest absolute Gasteiger partial charge is 0.478 e. The first-order valence-electron chi connectivity index (χ1n) is 12.5. The minimum Gasteiger partial charge on any atom is -0.478 e. The van der Waals surface area contributed by atoms with Crippen molar-refractivity contribution in [3.05, 3.63) is 108 Å². The fourth-order valence-electron chi connectivity index (χ4n) is 5.03. The van der Waals surface area contributed by atoms with E-state index in [-0.39, 0.29) is 5.78 Å². The number of rotatable bonds is 4. The summed E-state index contributed by atoms with van der Waals surface area (Å²) < 4.78 is 0. The fourth-order valence-corrected chi connectivity index (χ4v) is 5.03. The SMILES string of the molecule is CC(=O)c1cccc2ccccc12.O=C(O)C1=C(c2cc(-c3cccc4ccccc34)[nH]n2)CCCC1. The molecule has 0 atom stereocenters. The molecule has 0 unspecified atom stereocenters. The van der Waals surface area contributed by atoms with E-state index < -0.39 is 5.97 Å². The molecule has 4 aromatic carbocycles. The highest BCUT2D eigenvalue weighted by Crippen LogP contribution is 2.34. The van der Waals surface area contributed by atoms with Crippen LogP contribution in [0.15, 0.2) is 96.6 Å². The van der Waals surface area contributed by atoms with Gasteiger partial charge < -0.3 is 5.11 Å². The fraction of sp³-hybridized carbons (Fsp3) is 0.156. The third-order valence-electron chi connectivity index (χ3n) is 6.86. The van der Waals surface area contributed by atoms with Crippen molar-refractivity contribution in [2.75, 3.05) is 0 Å². The summed E-state index contributed by atoms with van der Waals surface area (Å²) in [4.78, 5) is 22.8. The van der Waals surface area contributed by atoms with Crippen LogP contribution in [-0.2, 0) is 4.79 Å². The van der Waals surface area contributed by atoms with E-state index in [1.807, 2.05) is 66.7 Å². The second kappa shape index (κ2) is 10.6. The summed E-state index contributed by atoms with van der Waals surface area (Å²) in [6.45, 7) is 1.60. The minimum atomic E-state index is -0.820. The number of benzene rings is 4. The molecule has 5 heteroatoms. The van der Waals surface area contributed by atoms with Gasteiger partial charge in [0.15, 0.2) is 5.78 Å². The van der Waals surface area contributed by atoms with Gasteiger partial charge in [-0.3, -0.25) is 9.89 Å². The second-order valence-corrected chi connectivity index (χ2v) is 9.25. The van der Waals surface area contributed by atoms with Crippen LogP contribution in [0.3, 0.4) is 0 Å². The number of Topliss-reactive ketones (excluding diaryl/α,β-unsaturated/α-hetero) is 1. The average Bonchev–Trinajstić information content (AvgIpc) is 3.43. The molecule has 2 N–H and O–H groups in total. The van der Waals surface area contributed by atoms with Gasteiger partial charge in [-0.05, 0) is 65.8 Å². The zero-order valence-electron chi connectivity index (χ0n) is 20.7. The molecule has 37 heavy (non-hydrogen) atoms. The summed E-state index contributed by atoms with van der Waals surface area (Å²) in [5.41, 5.74) is 4.95. The average molecular weight is 489 g/mol. The quantitative estimate of drug-likeness (QED) is 0.254. The molecular weight excluding hydrogens is 460 g/mol. The first kappa shape index (κ1) is 24.2. The van der Waals surface area contributed by atoms with Crippen molar-refractivity contribution in [1.29, 1.82) is 0 Å². The maximum absolute atomic E-state index is 11.5. The second-order valence-electron chi connectivity index (χ2n) is 9.25. The number of hydrogen-bond donors (Lipinski definition) is 2. The molecule has 6 rings (SSSR count). The Hall–Kier alpha value is -4.51. The summed E-state index contributed by atoms with van der Waals surface area (Å²) in [7, 11) is 0. The molecule has 1 aromatic heterocycles. The number of allylic oxidation sites excluding steroid dienone is 1. The number of hydrogen-bond acceptors (Lipinski definition) is 3. The van der Waals surface area contributed by atoms with Crippen molar-refractivity contribution >= 4 is 38.9 Å². The van der Waals surface area contributed by atoms with E-state index in [0.717, 1.165) is 63.5 Å². The van der Waals surface area contributed by atoms with Crippen LogP contribution in [-0.4, -0.2) is 27.1 Å². The highest BCUT2D eigenvalue weighted by Gasteiger charge is 2.21. The summed E-state index contributed by atoms with van der Waals surface area (Å²) in [6, 6.07) is 30.1. The van der Waals surface area contributed by atoms with Crippen molar-refractivity contribution in [3.8, 4) is 11.3 Å². The number of ketones is 1. The lowest BCUT2D eigenvalue weighted by atomic mass is 9.89. The number of nitrogens with one attached hydrogen (secondary N) is 1. The van der Waals surface area contributed by atoms with Gasteiger partial charge in [-0.15, -0.1) is 0 Å². The van der Waals surface area contributed by atoms with E-state index in [1.54, 1.807) is 6.92 Å². The number of nitrogens with zero attached hydrogens (tertiary/aromatic N) is 1. The molecule has 0 aliphatic heterocycles. The van der Waals surface area contributed by atoms with Crippen LogP contribution in [0.25, 0.3) is 38.4 Å². The molecule has 0 saturated heterocycles. The van der Waals surface area contributed by atoms with Crippen molar-refractivity contribution in [1.82, 2.24) is 10.2 Å². The lowest BCUT2D eigenvalue weighted by Gasteiger charge is -2.15. The third-order valence-corrected chi connectivity index (χ3v) is 6.86. The monoisotopic (exact) mass is 488 g/mol. The zero-order chi connectivity index (χ0) is 25.8. The molecule has 0 amide bonds. The van der Waals surface area contributed by atoms with Crippen molar-refractivity contribution in [2.24, 2.45) is 0 Å². The van der Waals surface area contributed by atoms with Crippen molar-refractivity contribution < 1.29 is 14.7 Å². The maximum atomic E-state index is 11.5. The van der Waals surface area contributed by atoms with Gasteiger partial charge in [0.25, 0.3) is 0 Å². The first-order chi connectivity index (χ1) is 18.0. The van der Waals surface area contributed by atoms with E-state index in [4.69, 9.17) is 0 Å². The first-order valence-corrected chi connectivity index (χ1v) is 12.5. The molecule has 1 heterocycles. The predicted octanol–water partition coefficient (Wildman–Crippen LogP) is 7.68. The molecule has 0 spiro atoms. The number of aromatic amines is 1.